The van der Waals surface area contributed by atoms with Crippen LogP contribution in [-0.4, -0.2) is 24.3 Å². The molecule has 1 aromatic rings. The van der Waals surface area contributed by atoms with Gasteiger partial charge in [-0.15, -0.1) is 0 Å². The summed E-state index contributed by atoms with van der Waals surface area (Å²) in [5.41, 5.74) is 1.70. The van der Waals surface area contributed by atoms with Crippen molar-refractivity contribution in [3.05, 3.63) is 28.3 Å². The standard InChI is InChI=1S/C14H20ClNO2/c1-8-6-13(18-3)11(7-12(8)15)14(17)9(2)16-10-4-5-10/h6-7,9-10,14,16-17H,4-5H2,1-3H3. The van der Waals surface area contributed by atoms with E-state index < -0.39 is 6.10 Å². The molecule has 1 aliphatic carbocycles. The Labute approximate surface area is 113 Å². The Morgan fingerprint density at radius 2 is 2.11 bits per heavy atom. The number of hydrogen-bond acceptors (Lipinski definition) is 3. The number of aliphatic hydroxyl groups is 1. The fourth-order valence-electron chi connectivity index (χ4n) is 2.06. The first-order valence-corrected chi connectivity index (χ1v) is 6.69. The molecule has 1 saturated carbocycles. The molecule has 0 aliphatic heterocycles. The molecule has 2 unspecified atom stereocenters. The molecule has 0 saturated heterocycles. The number of benzene rings is 1. The van der Waals surface area contributed by atoms with Gasteiger partial charge in [-0.25, -0.2) is 0 Å². The Morgan fingerprint density at radius 1 is 1.44 bits per heavy atom. The third-order valence-electron chi connectivity index (χ3n) is 3.38. The van der Waals surface area contributed by atoms with Gasteiger partial charge in [0.15, 0.2) is 0 Å². The second kappa shape index (κ2) is 5.47. The van der Waals surface area contributed by atoms with Crippen molar-refractivity contribution in [2.24, 2.45) is 0 Å². The van der Waals surface area contributed by atoms with Crippen molar-refractivity contribution in [2.75, 3.05) is 7.11 Å². The molecule has 1 aromatic carbocycles. The van der Waals surface area contributed by atoms with Crippen molar-refractivity contribution in [3.63, 3.8) is 0 Å². The lowest BCUT2D eigenvalue weighted by Crippen LogP contribution is -2.33. The summed E-state index contributed by atoms with van der Waals surface area (Å²) in [6, 6.07) is 4.21. The molecule has 0 heterocycles. The molecule has 100 valence electrons. The lowest BCUT2D eigenvalue weighted by molar-refractivity contribution is 0.132. The van der Waals surface area contributed by atoms with Crippen LogP contribution >= 0.6 is 11.6 Å². The SMILES string of the molecule is COc1cc(C)c(Cl)cc1C(O)C(C)NC1CC1. The lowest BCUT2D eigenvalue weighted by Gasteiger charge is -2.23. The summed E-state index contributed by atoms with van der Waals surface area (Å²) in [5.74, 6) is 0.689. The van der Waals surface area contributed by atoms with Gasteiger partial charge < -0.3 is 15.2 Å². The number of methoxy groups -OCH3 is 1. The summed E-state index contributed by atoms with van der Waals surface area (Å²) < 4.78 is 5.33. The molecular weight excluding hydrogens is 250 g/mol. The van der Waals surface area contributed by atoms with Crippen LogP contribution < -0.4 is 10.1 Å². The summed E-state index contributed by atoms with van der Waals surface area (Å²) in [4.78, 5) is 0. The average Bonchev–Trinajstić information content (AvgIpc) is 3.15. The van der Waals surface area contributed by atoms with Crippen LogP contribution in [0.15, 0.2) is 12.1 Å². The second-order valence-corrected chi connectivity index (χ2v) is 5.42. The van der Waals surface area contributed by atoms with Gasteiger partial charge >= 0.3 is 0 Å². The van der Waals surface area contributed by atoms with E-state index in [-0.39, 0.29) is 6.04 Å². The molecule has 0 aromatic heterocycles. The quantitative estimate of drug-likeness (QED) is 0.864. The van der Waals surface area contributed by atoms with E-state index in [1.54, 1.807) is 13.2 Å². The highest BCUT2D eigenvalue weighted by Crippen LogP contribution is 2.33. The Kier molecular flexibility index (Phi) is 4.15. The Morgan fingerprint density at radius 3 is 2.67 bits per heavy atom. The van der Waals surface area contributed by atoms with Gasteiger partial charge in [0.25, 0.3) is 0 Å². The minimum Gasteiger partial charge on any atom is -0.496 e. The largest absolute Gasteiger partial charge is 0.496 e. The summed E-state index contributed by atoms with van der Waals surface area (Å²) in [5, 5.41) is 14.4. The molecule has 3 nitrogen and oxygen atoms in total. The minimum absolute atomic E-state index is 0.00910. The third kappa shape index (κ3) is 2.97. The van der Waals surface area contributed by atoms with E-state index >= 15 is 0 Å². The van der Waals surface area contributed by atoms with Crippen molar-refractivity contribution >= 4 is 11.6 Å². The highest BCUT2D eigenvalue weighted by atomic mass is 35.5. The van der Waals surface area contributed by atoms with Crippen LogP contribution in [0.3, 0.4) is 0 Å². The zero-order valence-electron chi connectivity index (χ0n) is 11.0. The van der Waals surface area contributed by atoms with Gasteiger partial charge in [0, 0.05) is 22.7 Å². The molecule has 0 amide bonds. The summed E-state index contributed by atoms with van der Waals surface area (Å²) >= 11 is 6.12. The molecule has 2 N–H and O–H groups in total. The van der Waals surface area contributed by atoms with Gasteiger partial charge in [-0.05, 0) is 44.4 Å². The van der Waals surface area contributed by atoms with Gasteiger partial charge in [-0.1, -0.05) is 11.6 Å². The van der Waals surface area contributed by atoms with E-state index in [0.29, 0.717) is 16.8 Å². The number of halogens is 1. The highest BCUT2D eigenvalue weighted by Gasteiger charge is 2.28. The van der Waals surface area contributed by atoms with Crippen molar-refractivity contribution < 1.29 is 9.84 Å². The lowest BCUT2D eigenvalue weighted by atomic mass is 10.0. The van der Waals surface area contributed by atoms with Gasteiger partial charge in [0.2, 0.25) is 0 Å². The number of hydrogen-bond donors (Lipinski definition) is 2. The first kappa shape index (κ1) is 13.7. The van der Waals surface area contributed by atoms with Crippen LogP contribution in [0.25, 0.3) is 0 Å². The number of ether oxygens (including phenoxy) is 1. The highest BCUT2D eigenvalue weighted by molar-refractivity contribution is 6.31. The van der Waals surface area contributed by atoms with Crippen LogP contribution in [0.2, 0.25) is 5.02 Å². The predicted octanol–water partition coefficient (Wildman–Crippen LogP) is 2.83. The summed E-state index contributed by atoms with van der Waals surface area (Å²) in [7, 11) is 1.61. The second-order valence-electron chi connectivity index (χ2n) is 5.02. The molecule has 0 spiro atoms. The van der Waals surface area contributed by atoms with E-state index in [9.17, 15) is 5.11 Å². The normalized spacial score (nSPS) is 18.5. The van der Waals surface area contributed by atoms with Crippen molar-refractivity contribution in [3.8, 4) is 5.75 Å². The monoisotopic (exact) mass is 269 g/mol. The zero-order valence-corrected chi connectivity index (χ0v) is 11.8. The van der Waals surface area contributed by atoms with E-state index in [1.165, 1.54) is 12.8 Å². The maximum Gasteiger partial charge on any atom is 0.125 e. The molecule has 2 rings (SSSR count). The first-order chi connectivity index (χ1) is 8.52. The number of nitrogens with one attached hydrogen (secondary N) is 1. The third-order valence-corrected chi connectivity index (χ3v) is 3.79. The number of aryl methyl sites for hydroxylation is 1. The van der Waals surface area contributed by atoms with Crippen LogP contribution in [0.4, 0.5) is 0 Å². The van der Waals surface area contributed by atoms with Crippen LogP contribution in [0, 0.1) is 6.92 Å². The number of aliphatic hydroxyl groups excluding tert-OH is 1. The van der Waals surface area contributed by atoms with E-state index in [0.717, 1.165) is 11.1 Å². The van der Waals surface area contributed by atoms with E-state index in [4.69, 9.17) is 16.3 Å². The molecule has 0 radical (unpaired) electrons. The maximum absolute atomic E-state index is 10.4. The van der Waals surface area contributed by atoms with Gasteiger partial charge in [-0.3, -0.25) is 0 Å². The zero-order chi connectivity index (χ0) is 13.3. The van der Waals surface area contributed by atoms with E-state index in [2.05, 4.69) is 5.32 Å². The van der Waals surface area contributed by atoms with Crippen LogP contribution in [0.1, 0.15) is 37.0 Å². The van der Waals surface area contributed by atoms with Gasteiger partial charge in [0.05, 0.1) is 13.2 Å². The summed E-state index contributed by atoms with van der Waals surface area (Å²) in [6.07, 6.45) is 1.78. The van der Waals surface area contributed by atoms with Crippen LogP contribution in [-0.2, 0) is 0 Å². The topological polar surface area (TPSA) is 41.5 Å². The smallest absolute Gasteiger partial charge is 0.125 e. The molecule has 0 bridgehead atoms. The first-order valence-electron chi connectivity index (χ1n) is 6.31. The summed E-state index contributed by atoms with van der Waals surface area (Å²) in [6.45, 7) is 3.91. The van der Waals surface area contributed by atoms with E-state index in [1.807, 2.05) is 19.9 Å². The Hall–Kier alpha value is -0.770. The van der Waals surface area contributed by atoms with Crippen molar-refractivity contribution in [2.45, 2.75) is 44.9 Å². The maximum atomic E-state index is 10.4. The Bertz CT molecular complexity index is 432. The molecular formula is C14H20ClNO2. The van der Waals surface area contributed by atoms with Crippen molar-refractivity contribution in [1.29, 1.82) is 0 Å². The van der Waals surface area contributed by atoms with Crippen molar-refractivity contribution in [1.82, 2.24) is 5.32 Å². The molecule has 18 heavy (non-hydrogen) atoms. The number of rotatable bonds is 5. The Balaban J connectivity index is 2.21. The molecule has 1 aliphatic rings. The molecule has 1 fully saturated rings. The van der Waals surface area contributed by atoms with Crippen LogP contribution in [0.5, 0.6) is 5.75 Å². The minimum atomic E-state index is -0.612. The predicted molar refractivity (Wildman–Crippen MR) is 73.3 cm³/mol. The fourth-order valence-corrected chi connectivity index (χ4v) is 2.23. The molecule has 4 heteroatoms. The van der Waals surface area contributed by atoms with Gasteiger partial charge in [-0.2, -0.15) is 0 Å². The fraction of sp³-hybridized carbons (Fsp3) is 0.571. The molecule has 2 atom stereocenters. The van der Waals surface area contributed by atoms with Gasteiger partial charge in [0.1, 0.15) is 5.75 Å². The average molecular weight is 270 g/mol.